The normalized spacial score (nSPS) is 20.4. The van der Waals surface area contributed by atoms with E-state index in [1.165, 1.54) is 0 Å². The molecule has 9 heteroatoms. The Labute approximate surface area is 192 Å². The van der Waals surface area contributed by atoms with E-state index >= 15 is 0 Å². The Morgan fingerprint density at radius 2 is 1.97 bits per heavy atom. The summed E-state index contributed by atoms with van der Waals surface area (Å²) in [5, 5.41) is 19.0. The summed E-state index contributed by atoms with van der Waals surface area (Å²) in [4.78, 5) is 21.5. The van der Waals surface area contributed by atoms with Gasteiger partial charge in [0.15, 0.2) is 5.84 Å². The number of ether oxygens (including phenoxy) is 2. The van der Waals surface area contributed by atoms with Crippen LogP contribution >= 0.6 is 0 Å². The predicted octanol–water partition coefficient (Wildman–Crippen LogP) is 2.97. The molecule has 4 heterocycles. The Kier molecular flexibility index (Phi) is 5.72. The first-order valence-electron chi connectivity index (χ1n) is 11.3. The summed E-state index contributed by atoms with van der Waals surface area (Å²) >= 11 is 0. The van der Waals surface area contributed by atoms with Gasteiger partial charge in [-0.3, -0.25) is 15.6 Å². The quantitative estimate of drug-likeness (QED) is 0.481. The van der Waals surface area contributed by atoms with E-state index in [9.17, 15) is 4.79 Å². The van der Waals surface area contributed by atoms with Crippen molar-refractivity contribution in [1.82, 2.24) is 9.88 Å². The van der Waals surface area contributed by atoms with Crippen molar-refractivity contribution in [3.63, 3.8) is 0 Å². The first-order valence-corrected chi connectivity index (χ1v) is 11.3. The number of amidine groups is 1. The second-order valence-electron chi connectivity index (χ2n) is 8.97. The first kappa shape index (κ1) is 21.4. The summed E-state index contributed by atoms with van der Waals surface area (Å²) in [6.07, 6.45) is 3.69. The highest BCUT2D eigenvalue weighted by Gasteiger charge is 2.49. The predicted molar refractivity (Wildman–Crippen MR) is 126 cm³/mol. The summed E-state index contributed by atoms with van der Waals surface area (Å²) in [7, 11) is 0. The molecule has 172 valence electrons. The van der Waals surface area contributed by atoms with Gasteiger partial charge in [-0.25, -0.2) is 4.98 Å². The van der Waals surface area contributed by atoms with Gasteiger partial charge in [0.25, 0.3) is 5.91 Å². The van der Waals surface area contributed by atoms with E-state index < -0.39 is 0 Å². The Hall–Kier alpha value is -3.46. The van der Waals surface area contributed by atoms with Crippen LogP contribution in [-0.4, -0.2) is 67.4 Å². The molecule has 2 saturated heterocycles. The molecule has 0 radical (unpaired) electrons. The highest BCUT2D eigenvalue weighted by molar-refractivity contribution is 6.07. The second kappa shape index (κ2) is 8.82. The van der Waals surface area contributed by atoms with Gasteiger partial charge in [-0.15, -0.1) is 0 Å². The van der Waals surface area contributed by atoms with Crippen LogP contribution in [-0.2, 0) is 4.74 Å². The summed E-state index contributed by atoms with van der Waals surface area (Å²) < 4.78 is 11.4. The fourth-order valence-electron chi connectivity index (χ4n) is 4.49. The third-order valence-electron chi connectivity index (χ3n) is 6.42. The van der Waals surface area contributed by atoms with Crippen molar-refractivity contribution in [1.29, 1.82) is 10.8 Å². The molecule has 1 amide bonds. The van der Waals surface area contributed by atoms with Crippen molar-refractivity contribution in [2.45, 2.75) is 19.3 Å². The van der Waals surface area contributed by atoms with Crippen LogP contribution in [0.3, 0.4) is 0 Å². The molecule has 1 spiro atoms. The van der Waals surface area contributed by atoms with Gasteiger partial charge in [-0.1, -0.05) is 6.07 Å². The third kappa shape index (κ3) is 4.28. The molecule has 0 atom stereocenters. The van der Waals surface area contributed by atoms with E-state index in [1.807, 2.05) is 18.2 Å². The zero-order valence-corrected chi connectivity index (χ0v) is 18.5. The molecule has 1 aromatic heterocycles. The number of rotatable bonds is 2. The van der Waals surface area contributed by atoms with Gasteiger partial charge in [-0.05, 0) is 49.6 Å². The van der Waals surface area contributed by atoms with Gasteiger partial charge in [0.05, 0.1) is 37.1 Å². The van der Waals surface area contributed by atoms with Crippen LogP contribution in [0.15, 0.2) is 36.4 Å². The third-order valence-corrected chi connectivity index (χ3v) is 6.42. The molecule has 3 aliphatic heterocycles. The lowest BCUT2D eigenvalue weighted by Gasteiger charge is -2.56. The Bertz CT molecular complexity index is 1080. The number of aromatic nitrogens is 1. The Morgan fingerprint density at radius 1 is 1.12 bits per heavy atom. The molecule has 2 bridgehead atoms. The van der Waals surface area contributed by atoms with E-state index in [0.29, 0.717) is 36.0 Å². The molecule has 3 N–H and O–H groups in total. The minimum absolute atomic E-state index is 0.140. The molecule has 3 aliphatic rings. The summed E-state index contributed by atoms with van der Waals surface area (Å²) in [5.41, 5.74) is 2.15. The molecule has 0 aliphatic carbocycles. The molecule has 1 aromatic carbocycles. The van der Waals surface area contributed by atoms with Crippen LogP contribution < -0.4 is 15.0 Å². The van der Waals surface area contributed by atoms with Crippen molar-refractivity contribution >= 4 is 29.6 Å². The molecular formula is C24H28N6O3. The lowest BCUT2D eigenvalue weighted by molar-refractivity contribution is -0.127. The standard InChI is InChI=1S/C24H28N6O3/c25-16-29-9-2-1-3-10-33-20-8-7-17(30-12-24(13-30)14-32-15-24)11-18(20)23(31)28-21-6-4-5-19(27-21)22(29)26/h4-8,11,16,25-26H,1-3,9-10,12-15H2,(H,27,28,31). The highest BCUT2D eigenvalue weighted by atomic mass is 16.5. The zero-order valence-electron chi connectivity index (χ0n) is 18.5. The largest absolute Gasteiger partial charge is 0.493 e. The zero-order chi connectivity index (χ0) is 22.8. The number of nitrogens with zero attached hydrogens (tertiary/aromatic N) is 3. The fraction of sp³-hybridized carbons (Fsp3) is 0.417. The molecule has 33 heavy (non-hydrogen) atoms. The van der Waals surface area contributed by atoms with E-state index in [2.05, 4.69) is 15.2 Å². The number of fused-ring (bicyclic) bond motifs is 3. The number of hydrogen-bond acceptors (Lipinski definition) is 7. The van der Waals surface area contributed by atoms with Crippen molar-refractivity contribution in [2.75, 3.05) is 49.7 Å². The number of anilines is 2. The fourth-order valence-corrected chi connectivity index (χ4v) is 4.49. The van der Waals surface area contributed by atoms with Crippen LogP contribution in [0.5, 0.6) is 5.75 Å². The lowest BCUT2D eigenvalue weighted by atomic mass is 9.77. The molecular weight excluding hydrogens is 420 g/mol. The average molecular weight is 449 g/mol. The Morgan fingerprint density at radius 3 is 2.73 bits per heavy atom. The Balaban J connectivity index is 1.42. The minimum Gasteiger partial charge on any atom is -0.493 e. The number of carbonyl (C=O) groups is 1. The second-order valence-corrected chi connectivity index (χ2v) is 8.97. The summed E-state index contributed by atoms with van der Waals surface area (Å²) in [6, 6.07) is 10.9. The molecule has 0 saturated carbocycles. The van der Waals surface area contributed by atoms with Crippen molar-refractivity contribution < 1.29 is 14.3 Å². The number of carbonyl (C=O) groups excluding carboxylic acids is 1. The maximum absolute atomic E-state index is 13.3. The smallest absolute Gasteiger partial charge is 0.260 e. The number of pyridine rings is 1. The number of benzene rings is 1. The number of nitrogens with one attached hydrogen (secondary N) is 3. The van der Waals surface area contributed by atoms with Gasteiger partial charge in [0.2, 0.25) is 0 Å². The van der Waals surface area contributed by atoms with E-state index in [1.54, 1.807) is 23.1 Å². The van der Waals surface area contributed by atoms with Gasteiger partial charge >= 0.3 is 0 Å². The topological polar surface area (TPSA) is 115 Å². The minimum atomic E-state index is -0.302. The molecule has 5 rings (SSSR count). The average Bonchev–Trinajstić information content (AvgIpc) is 2.76. The van der Waals surface area contributed by atoms with E-state index in [-0.39, 0.29) is 17.2 Å². The van der Waals surface area contributed by atoms with Crippen LogP contribution in [0.4, 0.5) is 11.5 Å². The van der Waals surface area contributed by atoms with Gasteiger partial charge in [0.1, 0.15) is 17.3 Å². The molecule has 2 aromatic rings. The van der Waals surface area contributed by atoms with Crippen molar-refractivity contribution in [2.24, 2.45) is 5.41 Å². The number of hydrogen-bond donors (Lipinski definition) is 3. The van der Waals surface area contributed by atoms with Crippen LogP contribution in [0.2, 0.25) is 0 Å². The lowest BCUT2D eigenvalue weighted by Crippen LogP contribution is -2.66. The summed E-state index contributed by atoms with van der Waals surface area (Å²) in [6.45, 7) is 4.54. The first-order chi connectivity index (χ1) is 16.1. The highest BCUT2D eigenvalue weighted by Crippen LogP contribution is 2.41. The monoisotopic (exact) mass is 448 g/mol. The maximum atomic E-state index is 13.3. The van der Waals surface area contributed by atoms with Crippen LogP contribution in [0.1, 0.15) is 35.3 Å². The van der Waals surface area contributed by atoms with E-state index in [0.717, 1.165) is 57.6 Å². The van der Waals surface area contributed by atoms with Crippen molar-refractivity contribution in [3.8, 4) is 5.75 Å². The number of amides is 1. The van der Waals surface area contributed by atoms with Crippen LogP contribution in [0.25, 0.3) is 0 Å². The van der Waals surface area contributed by atoms with Crippen molar-refractivity contribution in [3.05, 3.63) is 47.7 Å². The molecule has 2 fully saturated rings. The van der Waals surface area contributed by atoms with E-state index in [4.69, 9.17) is 20.3 Å². The summed E-state index contributed by atoms with van der Waals surface area (Å²) in [5.74, 6) is 0.747. The molecule has 9 nitrogen and oxygen atoms in total. The SMILES string of the molecule is N=CN1CCCCCOc2ccc(N3CC4(COC4)C3)cc2C(=O)Nc2cccc(n2)C1=N. The van der Waals surface area contributed by atoms with Crippen LogP contribution in [0, 0.1) is 16.2 Å². The van der Waals surface area contributed by atoms with Gasteiger partial charge < -0.3 is 24.6 Å². The van der Waals surface area contributed by atoms with Gasteiger partial charge in [-0.2, -0.15) is 0 Å². The molecule has 0 unspecified atom stereocenters. The van der Waals surface area contributed by atoms with Gasteiger partial charge in [0, 0.05) is 25.3 Å². The maximum Gasteiger partial charge on any atom is 0.260 e.